The smallest absolute Gasteiger partial charge is 0.137 e. The molecule has 0 atom stereocenters. The zero-order chi connectivity index (χ0) is 13.7. The number of hydrogen-bond acceptors (Lipinski definition) is 3. The molecule has 0 unspecified atom stereocenters. The Labute approximate surface area is 116 Å². The molecular formula is C14H24ClN3. The third-order valence-electron chi connectivity index (χ3n) is 3.07. The average Bonchev–Trinajstić information content (AvgIpc) is 2.29. The fourth-order valence-corrected chi connectivity index (χ4v) is 2.21. The molecule has 0 bridgehead atoms. The van der Waals surface area contributed by atoms with Crippen molar-refractivity contribution in [1.29, 1.82) is 0 Å². The van der Waals surface area contributed by atoms with Crippen LogP contribution in [-0.2, 0) is 0 Å². The zero-order valence-electron chi connectivity index (χ0n) is 12.1. The van der Waals surface area contributed by atoms with Crippen molar-refractivity contribution < 1.29 is 0 Å². The van der Waals surface area contributed by atoms with Gasteiger partial charge in [-0.05, 0) is 34.1 Å². The summed E-state index contributed by atoms with van der Waals surface area (Å²) in [5, 5.41) is 0.568. The van der Waals surface area contributed by atoms with Gasteiger partial charge in [-0.15, -0.1) is 0 Å². The van der Waals surface area contributed by atoms with Gasteiger partial charge >= 0.3 is 0 Å². The van der Waals surface area contributed by atoms with Crippen LogP contribution in [0.5, 0.6) is 0 Å². The number of anilines is 1. The molecule has 0 spiro atoms. The minimum Gasteiger partial charge on any atom is -0.354 e. The third-order valence-corrected chi connectivity index (χ3v) is 3.44. The molecule has 18 heavy (non-hydrogen) atoms. The maximum absolute atomic E-state index is 6.15. The van der Waals surface area contributed by atoms with Gasteiger partial charge in [0, 0.05) is 18.2 Å². The van der Waals surface area contributed by atoms with Gasteiger partial charge in [0.15, 0.2) is 0 Å². The lowest BCUT2D eigenvalue weighted by molar-refractivity contribution is 0.616. The Morgan fingerprint density at radius 3 is 2.39 bits per heavy atom. The molecule has 3 nitrogen and oxygen atoms in total. The van der Waals surface area contributed by atoms with Gasteiger partial charge in [0.2, 0.25) is 0 Å². The molecule has 0 aliphatic carbocycles. The van der Waals surface area contributed by atoms with Crippen molar-refractivity contribution >= 4 is 17.4 Å². The third kappa shape index (κ3) is 3.84. The standard InChI is InChI=1S/C14H24ClN3/c1-6-7-8-9-18(10(2)3)14-11(4)13(15)16-12(5)17-14/h10H,6-9H2,1-5H3. The Hall–Kier alpha value is -0.830. The monoisotopic (exact) mass is 269 g/mol. The van der Waals surface area contributed by atoms with Gasteiger partial charge in [-0.1, -0.05) is 31.4 Å². The van der Waals surface area contributed by atoms with E-state index in [9.17, 15) is 0 Å². The first kappa shape index (κ1) is 15.2. The second kappa shape index (κ2) is 6.93. The Morgan fingerprint density at radius 1 is 1.17 bits per heavy atom. The predicted molar refractivity (Wildman–Crippen MR) is 78.5 cm³/mol. The molecule has 1 aromatic heterocycles. The zero-order valence-corrected chi connectivity index (χ0v) is 12.9. The van der Waals surface area contributed by atoms with Gasteiger partial charge in [-0.3, -0.25) is 0 Å². The summed E-state index contributed by atoms with van der Waals surface area (Å²) >= 11 is 6.15. The van der Waals surface area contributed by atoms with E-state index in [4.69, 9.17) is 11.6 Å². The lowest BCUT2D eigenvalue weighted by Gasteiger charge is -2.29. The molecule has 4 heteroatoms. The molecule has 0 aliphatic rings. The van der Waals surface area contributed by atoms with Crippen molar-refractivity contribution in [3.8, 4) is 0 Å². The van der Waals surface area contributed by atoms with Crippen LogP contribution in [-0.4, -0.2) is 22.6 Å². The number of halogens is 1. The molecule has 0 saturated heterocycles. The van der Waals surface area contributed by atoms with Crippen molar-refractivity contribution in [1.82, 2.24) is 9.97 Å². The Morgan fingerprint density at radius 2 is 1.83 bits per heavy atom. The van der Waals surface area contributed by atoms with Crippen molar-refractivity contribution in [2.75, 3.05) is 11.4 Å². The summed E-state index contributed by atoms with van der Waals surface area (Å²) in [6, 6.07) is 0.422. The number of aryl methyl sites for hydroxylation is 1. The van der Waals surface area contributed by atoms with Crippen molar-refractivity contribution in [3.63, 3.8) is 0 Å². The van der Waals surface area contributed by atoms with Gasteiger partial charge in [0.1, 0.15) is 16.8 Å². The maximum atomic E-state index is 6.15. The second-order valence-electron chi connectivity index (χ2n) is 5.00. The number of aromatic nitrogens is 2. The van der Waals surface area contributed by atoms with Crippen LogP contribution in [0.2, 0.25) is 5.15 Å². The van der Waals surface area contributed by atoms with Crippen LogP contribution in [0.25, 0.3) is 0 Å². The van der Waals surface area contributed by atoms with E-state index in [2.05, 4.69) is 35.6 Å². The molecule has 0 amide bonds. The highest BCUT2D eigenvalue weighted by molar-refractivity contribution is 6.30. The summed E-state index contributed by atoms with van der Waals surface area (Å²) < 4.78 is 0. The molecule has 0 fully saturated rings. The lowest BCUT2D eigenvalue weighted by Crippen LogP contribution is -2.33. The SMILES string of the molecule is CCCCCN(c1nc(C)nc(Cl)c1C)C(C)C. The highest BCUT2D eigenvalue weighted by Gasteiger charge is 2.17. The molecule has 0 radical (unpaired) electrons. The van der Waals surface area contributed by atoms with Crippen molar-refractivity contribution in [3.05, 3.63) is 16.5 Å². The summed E-state index contributed by atoms with van der Waals surface area (Å²) in [6.07, 6.45) is 3.67. The number of hydrogen-bond donors (Lipinski definition) is 0. The molecule has 1 rings (SSSR count). The van der Waals surface area contributed by atoms with E-state index in [1.165, 1.54) is 19.3 Å². The summed E-state index contributed by atoms with van der Waals surface area (Å²) in [5.41, 5.74) is 0.979. The molecule has 1 aromatic rings. The molecule has 102 valence electrons. The van der Waals surface area contributed by atoms with Crippen LogP contribution in [0.3, 0.4) is 0 Å². The lowest BCUT2D eigenvalue weighted by atomic mass is 10.2. The first-order valence-electron chi connectivity index (χ1n) is 6.74. The fourth-order valence-electron chi connectivity index (χ4n) is 2.00. The number of rotatable bonds is 6. The number of unbranched alkanes of at least 4 members (excludes halogenated alkanes) is 2. The van der Waals surface area contributed by atoms with Crippen LogP contribution in [0.15, 0.2) is 0 Å². The molecule has 1 heterocycles. The number of nitrogens with zero attached hydrogens (tertiary/aromatic N) is 3. The maximum Gasteiger partial charge on any atom is 0.137 e. The molecule has 0 saturated carbocycles. The van der Waals surface area contributed by atoms with Crippen LogP contribution < -0.4 is 4.90 Å². The molecule has 0 aromatic carbocycles. The average molecular weight is 270 g/mol. The highest BCUT2D eigenvalue weighted by Crippen LogP contribution is 2.25. The van der Waals surface area contributed by atoms with E-state index in [0.29, 0.717) is 11.2 Å². The van der Waals surface area contributed by atoms with E-state index in [-0.39, 0.29) is 0 Å². The predicted octanol–water partition coefficient (Wildman–Crippen LogP) is 4.15. The van der Waals surface area contributed by atoms with Crippen LogP contribution in [0.1, 0.15) is 51.4 Å². The van der Waals surface area contributed by atoms with Crippen LogP contribution in [0, 0.1) is 13.8 Å². The van der Waals surface area contributed by atoms with Crippen LogP contribution >= 0.6 is 11.6 Å². The topological polar surface area (TPSA) is 29.0 Å². The summed E-state index contributed by atoms with van der Waals surface area (Å²) in [5.74, 6) is 1.72. The molecule has 0 aliphatic heterocycles. The highest BCUT2D eigenvalue weighted by atomic mass is 35.5. The summed E-state index contributed by atoms with van der Waals surface area (Å²) in [4.78, 5) is 11.1. The van der Waals surface area contributed by atoms with E-state index in [0.717, 1.165) is 23.8 Å². The minimum absolute atomic E-state index is 0.422. The van der Waals surface area contributed by atoms with E-state index in [1.807, 2.05) is 13.8 Å². The summed E-state index contributed by atoms with van der Waals surface area (Å²) in [6.45, 7) is 11.5. The normalized spacial score (nSPS) is 11.1. The fraction of sp³-hybridized carbons (Fsp3) is 0.714. The quantitative estimate of drug-likeness (QED) is 0.574. The van der Waals surface area contributed by atoms with Crippen molar-refractivity contribution in [2.24, 2.45) is 0 Å². The largest absolute Gasteiger partial charge is 0.354 e. The first-order valence-corrected chi connectivity index (χ1v) is 7.12. The van der Waals surface area contributed by atoms with E-state index in [1.54, 1.807) is 0 Å². The first-order chi connectivity index (χ1) is 8.47. The molecule has 0 N–H and O–H groups in total. The molecular weight excluding hydrogens is 246 g/mol. The van der Waals surface area contributed by atoms with E-state index >= 15 is 0 Å². The van der Waals surface area contributed by atoms with E-state index < -0.39 is 0 Å². The Kier molecular flexibility index (Phi) is 5.86. The van der Waals surface area contributed by atoms with Crippen molar-refractivity contribution in [2.45, 2.75) is 59.9 Å². The Balaban J connectivity index is 2.98. The minimum atomic E-state index is 0.422. The van der Waals surface area contributed by atoms with Gasteiger partial charge < -0.3 is 4.90 Å². The Bertz CT molecular complexity index is 391. The van der Waals surface area contributed by atoms with Gasteiger partial charge in [0.05, 0.1) is 0 Å². The van der Waals surface area contributed by atoms with Gasteiger partial charge in [-0.25, -0.2) is 9.97 Å². The van der Waals surface area contributed by atoms with Gasteiger partial charge in [-0.2, -0.15) is 0 Å². The second-order valence-corrected chi connectivity index (χ2v) is 5.36. The van der Waals surface area contributed by atoms with Crippen LogP contribution in [0.4, 0.5) is 5.82 Å². The van der Waals surface area contributed by atoms with Gasteiger partial charge in [0.25, 0.3) is 0 Å². The summed E-state index contributed by atoms with van der Waals surface area (Å²) in [7, 11) is 0.